The topological polar surface area (TPSA) is 93.6 Å². The van der Waals surface area contributed by atoms with E-state index in [4.69, 9.17) is 4.74 Å². The van der Waals surface area contributed by atoms with E-state index >= 15 is 0 Å². The highest BCUT2D eigenvalue weighted by Crippen LogP contribution is 2.45. The van der Waals surface area contributed by atoms with Crippen molar-refractivity contribution in [2.75, 3.05) is 31.2 Å². The molecule has 0 aliphatic carbocycles. The molecule has 3 heterocycles. The molecule has 128 valence electrons. The fourth-order valence-corrected chi connectivity index (χ4v) is 7.04. The van der Waals surface area contributed by atoms with Crippen LogP contribution in [-0.2, 0) is 19.9 Å². The van der Waals surface area contributed by atoms with E-state index in [2.05, 4.69) is 4.98 Å². The van der Waals surface area contributed by atoms with Crippen LogP contribution in [-0.4, -0.2) is 62.1 Å². The van der Waals surface area contributed by atoms with Crippen LogP contribution in [0.3, 0.4) is 0 Å². The first-order valence-corrected chi connectivity index (χ1v) is 10.8. The zero-order chi connectivity index (χ0) is 16.7. The number of ether oxygens (including phenoxy) is 1. The standard InChI is InChI=1S/C14H20N2O5S2/c1-2-23(19,20)16-10-14(11-16)12(6-8-22(14,17)18)9-21-13-5-3-4-7-15-13/h3-5,7,12H,2,6,8-11H2,1H3/t12-/m0/s1. The number of sulfone groups is 1. The van der Waals surface area contributed by atoms with Crippen LogP contribution in [0, 0.1) is 5.92 Å². The van der Waals surface area contributed by atoms with E-state index in [0.29, 0.717) is 12.3 Å². The zero-order valence-corrected chi connectivity index (χ0v) is 14.5. The molecule has 0 N–H and O–H groups in total. The quantitative estimate of drug-likeness (QED) is 0.750. The minimum atomic E-state index is -3.35. The maximum atomic E-state index is 12.5. The lowest BCUT2D eigenvalue weighted by Crippen LogP contribution is -2.69. The summed E-state index contributed by atoms with van der Waals surface area (Å²) in [6.45, 7) is 1.88. The van der Waals surface area contributed by atoms with Crippen LogP contribution in [0.5, 0.6) is 5.88 Å². The Labute approximate surface area is 136 Å². The Hall–Kier alpha value is -1.19. The maximum Gasteiger partial charge on any atom is 0.213 e. The highest BCUT2D eigenvalue weighted by atomic mass is 32.2. The fraction of sp³-hybridized carbons (Fsp3) is 0.643. The fourth-order valence-electron chi connectivity index (χ4n) is 3.26. The first-order valence-electron chi connectivity index (χ1n) is 7.55. The molecule has 0 radical (unpaired) electrons. The summed E-state index contributed by atoms with van der Waals surface area (Å²) in [5.41, 5.74) is 0. The number of pyridine rings is 1. The van der Waals surface area contributed by atoms with Gasteiger partial charge in [0.25, 0.3) is 0 Å². The Morgan fingerprint density at radius 1 is 1.39 bits per heavy atom. The van der Waals surface area contributed by atoms with Crippen molar-refractivity contribution < 1.29 is 21.6 Å². The second kappa shape index (κ2) is 5.71. The molecule has 7 nitrogen and oxygen atoms in total. The van der Waals surface area contributed by atoms with Gasteiger partial charge in [-0.05, 0) is 19.4 Å². The van der Waals surface area contributed by atoms with Crippen LogP contribution in [0.1, 0.15) is 13.3 Å². The molecule has 0 unspecified atom stereocenters. The van der Waals surface area contributed by atoms with Crippen LogP contribution in [0.25, 0.3) is 0 Å². The smallest absolute Gasteiger partial charge is 0.213 e. The summed E-state index contributed by atoms with van der Waals surface area (Å²) in [7, 11) is -6.66. The largest absolute Gasteiger partial charge is 0.477 e. The Morgan fingerprint density at radius 2 is 2.13 bits per heavy atom. The third kappa shape index (κ3) is 2.74. The second-order valence-electron chi connectivity index (χ2n) is 6.02. The van der Waals surface area contributed by atoms with Gasteiger partial charge in [0.1, 0.15) is 4.75 Å². The first kappa shape index (κ1) is 16.7. The van der Waals surface area contributed by atoms with Crippen molar-refractivity contribution in [3.8, 4) is 5.88 Å². The van der Waals surface area contributed by atoms with Crippen LogP contribution in [0.4, 0.5) is 0 Å². The Balaban J connectivity index is 1.74. The van der Waals surface area contributed by atoms with Gasteiger partial charge in [-0.2, -0.15) is 4.31 Å². The summed E-state index contributed by atoms with van der Waals surface area (Å²) in [6.07, 6.45) is 2.10. The van der Waals surface area contributed by atoms with Gasteiger partial charge in [-0.3, -0.25) is 0 Å². The van der Waals surface area contributed by atoms with E-state index in [1.54, 1.807) is 31.3 Å². The molecule has 2 aliphatic rings. The first-order chi connectivity index (χ1) is 10.8. The molecule has 2 saturated heterocycles. The molecule has 1 atom stereocenters. The lowest BCUT2D eigenvalue weighted by atomic mass is 9.85. The van der Waals surface area contributed by atoms with Gasteiger partial charge in [0.2, 0.25) is 15.9 Å². The third-order valence-electron chi connectivity index (χ3n) is 4.81. The highest BCUT2D eigenvalue weighted by molar-refractivity contribution is 7.93. The van der Waals surface area contributed by atoms with Gasteiger partial charge in [0, 0.05) is 31.3 Å². The monoisotopic (exact) mass is 360 g/mol. The second-order valence-corrected chi connectivity index (χ2v) is 10.7. The summed E-state index contributed by atoms with van der Waals surface area (Å²) in [4.78, 5) is 4.06. The number of sulfonamides is 1. The molecule has 23 heavy (non-hydrogen) atoms. The molecule has 0 bridgehead atoms. The number of hydrogen-bond acceptors (Lipinski definition) is 6. The molecule has 0 aromatic carbocycles. The molecule has 2 aliphatic heterocycles. The molecule has 9 heteroatoms. The van der Waals surface area contributed by atoms with E-state index in [1.807, 2.05) is 0 Å². The number of nitrogens with zero attached hydrogens (tertiary/aromatic N) is 2. The van der Waals surface area contributed by atoms with Gasteiger partial charge in [0.05, 0.1) is 18.1 Å². The normalized spacial score (nSPS) is 26.0. The Kier molecular flexibility index (Phi) is 4.14. The van der Waals surface area contributed by atoms with E-state index in [9.17, 15) is 16.8 Å². The van der Waals surface area contributed by atoms with Gasteiger partial charge in [-0.1, -0.05) is 6.07 Å². The SMILES string of the molecule is CCS(=O)(=O)N1CC2(C1)[C@H](COc1ccccn1)CCS2(=O)=O. The maximum absolute atomic E-state index is 12.5. The molecule has 3 rings (SSSR count). The summed E-state index contributed by atoms with van der Waals surface area (Å²) in [6, 6.07) is 5.28. The molecule has 1 aromatic rings. The van der Waals surface area contributed by atoms with Gasteiger partial charge in [-0.25, -0.2) is 21.8 Å². The third-order valence-corrected chi connectivity index (χ3v) is 9.19. The summed E-state index contributed by atoms with van der Waals surface area (Å²) in [5.74, 6) is 0.309. The van der Waals surface area contributed by atoms with Crippen LogP contribution in [0.2, 0.25) is 0 Å². The predicted octanol–water partition coefficient (Wildman–Crippen LogP) is 0.299. The van der Waals surface area contributed by atoms with Gasteiger partial charge < -0.3 is 4.74 Å². The van der Waals surface area contributed by atoms with Crippen molar-refractivity contribution in [2.45, 2.75) is 18.1 Å². The van der Waals surface area contributed by atoms with E-state index in [-0.39, 0.29) is 37.1 Å². The van der Waals surface area contributed by atoms with Crippen molar-refractivity contribution >= 4 is 19.9 Å². The van der Waals surface area contributed by atoms with Crippen molar-refractivity contribution in [3.05, 3.63) is 24.4 Å². The minimum Gasteiger partial charge on any atom is -0.477 e. The van der Waals surface area contributed by atoms with Crippen LogP contribution < -0.4 is 4.74 Å². The Bertz CT molecular complexity index is 771. The van der Waals surface area contributed by atoms with Crippen molar-refractivity contribution in [1.82, 2.24) is 9.29 Å². The zero-order valence-electron chi connectivity index (χ0n) is 12.9. The predicted molar refractivity (Wildman–Crippen MR) is 85.4 cm³/mol. The van der Waals surface area contributed by atoms with Crippen molar-refractivity contribution in [3.63, 3.8) is 0 Å². The molecular formula is C14H20N2O5S2. The molecule has 1 spiro atoms. The van der Waals surface area contributed by atoms with E-state index < -0.39 is 24.6 Å². The highest BCUT2D eigenvalue weighted by Gasteiger charge is 2.63. The van der Waals surface area contributed by atoms with Gasteiger partial charge in [0.15, 0.2) is 9.84 Å². The Morgan fingerprint density at radius 3 is 2.74 bits per heavy atom. The average molecular weight is 360 g/mol. The molecule has 0 saturated carbocycles. The number of rotatable bonds is 5. The van der Waals surface area contributed by atoms with Crippen LogP contribution in [0.15, 0.2) is 24.4 Å². The van der Waals surface area contributed by atoms with Gasteiger partial charge in [-0.15, -0.1) is 0 Å². The average Bonchev–Trinajstić information content (AvgIpc) is 2.75. The molecule has 1 aromatic heterocycles. The molecular weight excluding hydrogens is 340 g/mol. The van der Waals surface area contributed by atoms with Gasteiger partial charge >= 0.3 is 0 Å². The minimum absolute atomic E-state index is 0.0156. The van der Waals surface area contributed by atoms with Crippen molar-refractivity contribution in [2.24, 2.45) is 5.92 Å². The van der Waals surface area contributed by atoms with Crippen LogP contribution >= 0.6 is 0 Å². The van der Waals surface area contributed by atoms with Crippen molar-refractivity contribution in [1.29, 1.82) is 0 Å². The summed E-state index contributed by atoms with van der Waals surface area (Å²) in [5, 5.41) is 0. The molecule has 0 amide bonds. The van der Waals surface area contributed by atoms with E-state index in [1.165, 1.54) is 4.31 Å². The summed E-state index contributed by atoms with van der Waals surface area (Å²) >= 11 is 0. The molecule has 2 fully saturated rings. The van der Waals surface area contributed by atoms with E-state index in [0.717, 1.165) is 0 Å². The summed E-state index contributed by atoms with van der Waals surface area (Å²) < 4.78 is 54.6. The lowest BCUT2D eigenvalue weighted by molar-refractivity contribution is 0.123. The number of hydrogen-bond donors (Lipinski definition) is 0. The lowest BCUT2D eigenvalue weighted by Gasteiger charge is -2.48. The number of aromatic nitrogens is 1.